The molecule has 4 heteroatoms. The Morgan fingerprint density at radius 3 is 2.35 bits per heavy atom. The first-order valence-corrected chi connectivity index (χ1v) is 6.42. The maximum atomic E-state index is 4.38. The van der Waals surface area contributed by atoms with Crippen molar-refractivity contribution in [1.82, 2.24) is 14.9 Å². The number of likely N-dealkylation sites (tertiary alicyclic amines) is 1. The first kappa shape index (κ1) is 12.3. The first-order chi connectivity index (χ1) is 8.15. The number of nitrogens with one attached hydrogen (secondary N) is 1. The normalized spacial score (nSPS) is 18.6. The Bertz CT molecular complexity index is 339. The molecule has 1 saturated heterocycles. The average molecular weight is 234 g/mol. The van der Waals surface area contributed by atoms with E-state index in [1.54, 1.807) is 0 Å². The second-order valence-electron chi connectivity index (χ2n) is 5.22. The Morgan fingerprint density at radius 1 is 1.24 bits per heavy atom. The van der Waals surface area contributed by atoms with Crippen LogP contribution in [0.25, 0.3) is 0 Å². The van der Waals surface area contributed by atoms with Gasteiger partial charge >= 0.3 is 0 Å². The van der Waals surface area contributed by atoms with Crippen LogP contribution in [0.15, 0.2) is 12.4 Å². The second-order valence-corrected chi connectivity index (χ2v) is 5.22. The molecule has 1 aromatic rings. The lowest BCUT2D eigenvalue weighted by molar-refractivity contribution is 0.255. The van der Waals surface area contributed by atoms with Gasteiger partial charge in [-0.15, -0.1) is 0 Å². The summed E-state index contributed by atoms with van der Waals surface area (Å²) in [4.78, 5) is 11.1. The third kappa shape index (κ3) is 3.40. The van der Waals surface area contributed by atoms with Gasteiger partial charge in [-0.1, -0.05) is 0 Å². The van der Waals surface area contributed by atoms with Crippen LogP contribution in [0.3, 0.4) is 0 Å². The smallest absolute Gasteiger partial charge is 0.222 e. The van der Waals surface area contributed by atoms with E-state index in [0.29, 0.717) is 12.0 Å². The van der Waals surface area contributed by atoms with Crippen LogP contribution in [-0.2, 0) is 0 Å². The Balaban J connectivity index is 1.97. The maximum absolute atomic E-state index is 4.38. The van der Waals surface area contributed by atoms with Crippen molar-refractivity contribution < 1.29 is 0 Å². The summed E-state index contributed by atoms with van der Waals surface area (Å²) in [5, 5.41) is 3.21. The summed E-state index contributed by atoms with van der Waals surface area (Å²) in [6.45, 7) is 6.54. The van der Waals surface area contributed by atoms with E-state index in [2.05, 4.69) is 41.1 Å². The molecule has 0 bridgehead atoms. The Morgan fingerprint density at radius 2 is 1.82 bits per heavy atom. The molecule has 1 aliphatic heterocycles. The quantitative estimate of drug-likeness (QED) is 0.869. The van der Waals surface area contributed by atoms with Crippen molar-refractivity contribution in [1.29, 1.82) is 0 Å². The Labute approximate surface area is 103 Å². The van der Waals surface area contributed by atoms with Crippen LogP contribution in [0.4, 0.5) is 5.95 Å². The number of aromatic nitrogens is 2. The minimum absolute atomic E-state index is 0.379. The monoisotopic (exact) mass is 234 g/mol. The summed E-state index contributed by atoms with van der Waals surface area (Å²) < 4.78 is 0. The standard InChI is InChI=1S/C13H22N4/c1-10(2)16-13-14-8-12(9-15-13)11-4-6-17(3)7-5-11/h8-11H,4-7H2,1-3H3,(H,14,15,16). The van der Waals surface area contributed by atoms with Gasteiger partial charge in [-0.3, -0.25) is 0 Å². The van der Waals surface area contributed by atoms with Gasteiger partial charge in [0.2, 0.25) is 5.95 Å². The van der Waals surface area contributed by atoms with Crippen LogP contribution >= 0.6 is 0 Å². The minimum atomic E-state index is 0.379. The van der Waals surface area contributed by atoms with Crippen LogP contribution < -0.4 is 5.32 Å². The third-order valence-electron chi connectivity index (χ3n) is 3.28. The molecule has 94 valence electrons. The van der Waals surface area contributed by atoms with Crippen molar-refractivity contribution in [2.75, 3.05) is 25.5 Å². The van der Waals surface area contributed by atoms with Crippen LogP contribution in [0.2, 0.25) is 0 Å². The van der Waals surface area contributed by atoms with Gasteiger partial charge in [-0.25, -0.2) is 9.97 Å². The molecule has 2 heterocycles. The van der Waals surface area contributed by atoms with Gasteiger partial charge in [-0.2, -0.15) is 0 Å². The van der Waals surface area contributed by atoms with Crippen molar-refractivity contribution in [2.24, 2.45) is 0 Å². The molecular formula is C13H22N4. The van der Waals surface area contributed by atoms with Gasteiger partial charge in [-0.05, 0) is 58.3 Å². The summed E-state index contributed by atoms with van der Waals surface area (Å²) >= 11 is 0. The van der Waals surface area contributed by atoms with Gasteiger partial charge in [0.05, 0.1) is 0 Å². The van der Waals surface area contributed by atoms with Crippen molar-refractivity contribution in [2.45, 2.75) is 38.6 Å². The predicted molar refractivity (Wildman–Crippen MR) is 70.3 cm³/mol. The summed E-state index contributed by atoms with van der Waals surface area (Å²) in [5.74, 6) is 1.37. The first-order valence-electron chi connectivity index (χ1n) is 6.42. The molecule has 0 aromatic carbocycles. The predicted octanol–water partition coefficient (Wildman–Crippen LogP) is 2.11. The highest BCUT2D eigenvalue weighted by atomic mass is 15.1. The van der Waals surface area contributed by atoms with Gasteiger partial charge in [0.25, 0.3) is 0 Å². The SMILES string of the molecule is CC(C)Nc1ncc(C2CCN(C)CC2)cn1. The summed E-state index contributed by atoms with van der Waals surface area (Å²) in [6, 6.07) is 0.379. The highest BCUT2D eigenvalue weighted by molar-refractivity contribution is 5.27. The van der Waals surface area contributed by atoms with E-state index in [4.69, 9.17) is 0 Å². The molecule has 0 unspecified atom stereocenters. The zero-order valence-corrected chi connectivity index (χ0v) is 11.0. The van der Waals surface area contributed by atoms with E-state index >= 15 is 0 Å². The lowest BCUT2D eigenvalue weighted by Crippen LogP contribution is -2.29. The summed E-state index contributed by atoms with van der Waals surface area (Å²) in [5.41, 5.74) is 1.28. The topological polar surface area (TPSA) is 41.1 Å². The largest absolute Gasteiger partial charge is 0.352 e. The molecule has 0 aliphatic carbocycles. The molecule has 1 aliphatic rings. The fourth-order valence-electron chi connectivity index (χ4n) is 2.22. The van der Waals surface area contributed by atoms with Crippen molar-refractivity contribution in [3.05, 3.63) is 18.0 Å². The number of rotatable bonds is 3. The lowest BCUT2D eigenvalue weighted by Gasteiger charge is -2.28. The number of hydrogen-bond donors (Lipinski definition) is 1. The van der Waals surface area contributed by atoms with Crippen molar-refractivity contribution in [3.63, 3.8) is 0 Å². The van der Waals surface area contributed by atoms with Crippen LogP contribution in [0.1, 0.15) is 38.2 Å². The van der Waals surface area contributed by atoms with Gasteiger partial charge in [0.1, 0.15) is 0 Å². The molecule has 4 nitrogen and oxygen atoms in total. The van der Waals surface area contributed by atoms with E-state index in [-0.39, 0.29) is 0 Å². The molecule has 1 aromatic heterocycles. The molecule has 0 amide bonds. The molecule has 0 atom stereocenters. The van der Waals surface area contributed by atoms with E-state index in [1.807, 2.05) is 12.4 Å². The number of anilines is 1. The van der Waals surface area contributed by atoms with Crippen molar-refractivity contribution >= 4 is 5.95 Å². The summed E-state index contributed by atoms with van der Waals surface area (Å²) in [7, 11) is 2.18. The molecule has 0 saturated carbocycles. The maximum Gasteiger partial charge on any atom is 0.222 e. The Kier molecular flexibility index (Phi) is 3.94. The average Bonchev–Trinajstić information content (AvgIpc) is 2.30. The molecule has 0 spiro atoms. The van der Waals surface area contributed by atoms with Gasteiger partial charge in [0.15, 0.2) is 0 Å². The molecule has 2 rings (SSSR count). The third-order valence-corrected chi connectivity index (χ3v) is 3.28. The molecule has 1 fully saturated rings. The summed E-state index contributed by atoms with van der Waals surface area (Å²) in [6.07, 6.45) is 6.40. The van der Waals surface area contributed by atoms with Crippen LogP contribution in [0, 0.1) is 0 Å². The second kappa shape index (κ2) is 5.45. The Hall–Kier alpha value is -1.16. The highest BCUT2D eigenvalue weighted by Gasteiger charge is 2.18. The highest BCUT2D eigenvalue weighted by Crippen LogP contribution is 2.26. The van der Waals surface area contributed by atoms with E-state index < -0.39 is 0 Å². The van der Waals surface area contributed by atoms with Gasteiger partial charge in [0, 0.05) is 18.4 Å². The number of hydrogen-bond acceptors (Lipinski definition) is 4. The van der Waals surface area contributed by atoms with Crippen molar-refractivity contribution in [3.8, 4) is 0 Å². The molecule has 0 radical (unpaired) electrons. The molecule has 17 heavy (non-hydrogen) atoms. The number of nitrogens with zero attached hydrogens (tertiary/aromatic N) is 3. The van der Waals surface area contributed by atoms with E-state index in [1.165, 1.54) is 31.5 Å². The van der Waals surface area contributed by atoms with E-state index in [0.717, 1.165) is 5.95 Å². The fraction of sp³-hybridized carbons (Fsp3) is 0.692. The number of piperidine rings is 1. The minimum Gasteiger partial charge on any atom is -0.352 e. The fourth-order valence-corrected chi connectivity index (χ4v) is 2.22. The molecule has 1 N–H and O–H groups in total. The van der Waals surface area contributed by atoms with E-state index in [9.17, 15) is 0 Å². The molecular weight excluding hydrogens is 212 g/mol. The van der Waals surface area contributed by atoms with Gasteiger partial charge < -0.3 is 10.2 Å². The van der Waals surface area contributed by atoms with Crippen LogP contribution in [0.5, 0.6) is 0 Å². The lowest BCUT2D eigenvalue weighted by atomic mass is 9.92. The zero-order valence-electron chi connectivity index (χ0n) is 11.0. The van der Waals surface area contributed by atoms with Crippen LogP contribution in [-0.4, -0.2) is 41.0 Å². The zero-order chi connectivity index (χ0) is 12.3.